The number of benzene rings is 1. The van der Waals surface area contributed by atoms with Gasteiger partial charge >= 0.3 is 0 Å². The summed E-state index contributed by atoms with van der Waals surface area (Å²) in [5, 5.41) is 10.6. The summed E-state index contributed by atoms with van der Waals surface area (Å²) < 4.78 is 0. The molecule has 1 aromatic carbocycles. The van der Waals surface area contributed by atoms with Crippen molar-refractivity contribution in [2.24, 2.45) is 0 Å². The zero-order valence-electron chi connectivity index (χ0n) is 8.32. The summed E-state index contributed by atoms with van der Waals surface area (Å²) in [5.74, 6) is 0.469. The third-order valence-corrected chi connectivity index (χ3v) is 3.00. The highest BCUT2D eigenvalue weighted by Crippen LogP contribution is 2.30. The van der Waals surface area contributed by atoms with E-state index in [9.17, 15) is 5.11 Å². The van der Waals surface area contributed by atoms with Crippen LogP contribution in [0.1, 0.15) is 29.2 Å². The Morgan fingerprint density at radius 3 is 2.23 bits per heavy atom. The van der Waals surface area contributed by atoms with Crippen LogP contribution in [0.2, 0.25) is 0 Å². The minimum atomic E-state index is 0.469. The summed E-state index contributed by atoms with van der Waals surface area (Å²) >= 11 is 3.39. The topological polar surface area (TPSA) is 20.2 Å². The summed E-state index contributed by atoms with van der Waals surface area (Å²) in [6.07, 6.45) is 0.887. The Morgan fingerprint density at radius 2 is 1.77 bits per heavy atom. The largest absolute Gasteiger partial charge is 0.507 e. The molecule has 0 radical (unpaired) electrons. The summed E-state index contributed by atoms with van der Waals surface area (Å²) in [7, 11) is 0. The second-order valence-corrected chi connectivity index (χ2v) is 3.86. The van der Waals surface area contributed by atoms with Gasteiger partial charge in [0.15, 0.2) is 0 Å². The molecule has 2 heteroatoms. The van der Waals surface area contributed by atoms with E-state index in [2.05, 4.69) is 28.9 Å². The molecule has 0 saturated heterocycles. The molecule has 0 aliphatic heterocycles. The fraction of sp³-hybridized carbons (Fsp3) is 0.455. The van der Waals surface area contributed by atoms with Gasteiger partial charge in [-0.1, -0.05) is 28.9 Å². The molecule has 0 unspecified atom stereocenters. The van der Waals surface area contributed by atoms with Gasteiger partial charge < -0.3 is 5.11 Å². The monoisotopic (exact) mass is 242 g/mol. The Kier molecular flexibility index (Phi) is 3.37. The normalized spacial score (nSPS) is 10.5. The van der Waals surface area contributed by atoms with Crippen molar-refractivity contribution < 1.29 is 5.11 Å². The summed E-state index contributed by atoms with van der Waals surface area (Å²) in [5.41, 5.74) is 4.42. The molecule has 0 aromatic heterocycles. The minimum absolute atomic E-state index is 0.469. The molecule has 1 aromatic rings. The molecule has 0 fully saturated rings. The van der Waals surface area contributed by atoms with Gasteiger partial charge in [0.1, 0.15) is 5.75 Å². The first-order valence-electron chi connectivity index (χ1n) is 4.48. The van der Waals surface area contributed by atoms with Crippen LogP contribution in [0.5, 0.6) is 5.75 Å². The average molecular weight is 243 g/mol. The summed E-state index contributed by atoms with van der Waals surface area (Å²) in [6, 6.07) is 2.13. The number of phenols is 1. The Morgan fingerprint density at radius 1 is 1.23 bits per heavy atom. The van der Waals surface area contributed by atoms with E-state index in [-0.39, 0.29) is 0 Å². The van der Waals surface area contributed by atoms with Crippen LogP contribution in [0.3, 0.4) is 0 Å². The molecule has 0 spiro atoms. The van der Waals surface area contributed by atoms with Gasteiger partial charge in [-0.2, -0.15) is 0 Å². The molecule has 0 amide bonds. The third kappa shape index (κ3) is 1.88. The van der Waals surface area contributed by atoms with Gasteiger partial charge in [-0.05, 0) is 37.0 Å². The van der Waals surface area contributed by atoms with Crippen LogP contribution < -0.4 is 0 Å². The number of phenolic OH excluding ortho intramolecular Hbond substituents is 1. The molecular weight excluding hydrogens is 228 g/mol. The predicted molar refractivity (Wildman–Crippen MR) is 59.6 cm³/mol. The lowest BCUT2D eigenvalue weighted by molar-refractivity contribution is 0.463. The second kappa shape index (κ2) is 4.14. The molecule has 1 rings (SSSR count). The average Bonchev–Trinajstić information content (AvgIpc) is 2.04. The van der Waals surface area contributed by atoms with E-state index >= 15 is 0 Å². The maximum atomic E-state index is 9.92. The Labute approximate surface area is 87.9 Å². The lowest BCUT2D eigenvalue weighted by Crippen LogP contribution is -1.95. The van der Waals surface area contributed by atoms with Gasteiger partial charge in [-0.25, -0.2) is 0 Å². The van der Waals surface area contributed by atoms with Crippen LogP contribution in [0, 0.1) is 13.8 Å². The fourth-order valence-electron chi connectivity index (χ4n) is 1.67. The van der Waals surface area contributed by atoms with Crippen LogP contribution in [-0.4, -0.2) is 5.11 Å². The lowest BCUT2D eigenvalue weighted by Gasteiger charge is -2.12. The van der Waals surface area contributed by atoms with E-state index in [1.807, 2.05) is 13.8 Å². The van der Waals surface area contributed by atoms with Gasteiger partial charge in [0.25, 0.3) is 0 Å². The first-order valence-corrected chi connectivity index (χ1v) is 5.60. The van der Waals surface area contributed by atoms with Gasteiger partial charge in [0.05, 0.1) is 0 Å². The van der Waals surface area contributed by atoms with Crippen molar-refractivity contribution in [1.29, 1.82) is 0 Å². The Hall–Kier alpha value is -0.500. The molecule has 1 N–H and O–H groups in total. The zero-order chi connectivity index (χ0) is 10.0. The number of halogens is 1. The fourth-order valence-corrected chi connectivity index (χ4v) is 2.38. The molecule has 0 bridgehead atoms. The SMILES string of the molecule is CCc1c(C)cc(C)c(CBr)c1O. The molecule has 0 aliphatic rings. The van der Waals surface area contributed by atoms with Crippen molar-refractivity contribution in [2.75, 3.05) is 0 Å². The van der Waals surface area contributed by atoms with E-state index in [4.69, 9.17) is 0 Å². The predicted octanol–water partition coefficient (Wildman–Crippen LogP) is 3.47. The van der Waals surface area contributed by atoms with Gasteiger partial charge in [-0.3, -0.25) is 0 Å². The van der Waals surface area contributed by atoms with Crippen LogP contribution in [-0.2, 0) is 11.8 Å². The molecule has 1 nitrogen and oxygen atoms in total. The first kappa shape index (κ1) is 10.6. The molecular formula is C11H15BrO. The van der Waals surface area contributed by atoms with E-state index in [1.54, 1.807) is 0 Å². The highest BCUT2D eigenvalue weighted by atomic mass is 79.9. The van der Waals surface area contributed by atoms with Gasteiger partial charge in [-0.15, -0.1) is 0 Å². The molecule has 72 valence electrons. The molecule has 0 aliphatic carbocycles. The number of alkyl halides is 1. The Bertz CT molecular complexity index is 290. The van der Waals surface area contributed by atoms with Crippen LogP contribution in [0.25, 0.3) is 0 Å². The zero-order valence-corrected chi connectivity index (χ0v) is 9.90. The van der Waals surface area contributed by atoms with Crippen LogP contribution in [0.15, 0.2) is 6.07 Å². The standard InChI is InChI=1S/C11H15BrO/c1-4-9-7(2)5-8(3)10(6-12)11(9)13/h5,13H,4,6H2,1-3H3. The van der Waals surface area contributed by atoms with Crippen LogP contribution >= 0.6 is 15.9 Å². The highest BCUT2D eigenvalue weighted by molar-refractivity contribution is 9.08. The first-order chi connectivity index (χ1) is 6.11. The van der Waals surface area contributed by atoms with Crippen molar-refractivity contribution in [2.45, 2.75) is 32.5 Å². The van der Waals surface area contributed by atoms with Crippen molar-refractivity contribution in [3.05, 3.63) is 28.3 Å². The number of rotatable bonds is 2. The van der Waals surface area contributed by atoms with Gasteiger partial charge in [0.2, 0.25) is 0 Å². The second-order valence-electron chi connectivity index (χ2n) is 3.30. The number of aryl methyl sites for hydroxylation is 2. The number of aromatic hydroxyl groups is 1. The quantitative estimate of drug-likeness (QED) is 0.788. The van der Waals surface area contributed by atoms with Crippen LogP contribution in [0.4, 0.5) is 0 Å². The van der Waals surface area contributed by atoms with E-state index in [0.29, 0.717) is 5.75 Å². The van der Waals surface area contributed by atoms with Gasteiger partial charge in [0, 0.05) is 10.9 Å². The molecule has 13 heavy (non-hydrogen) atoms. The Balaban J connectivity index is 3.39. The maximum absolute atomic E-state index is 9.92. The number of hydrogen-bond acceptors (Lipinski definition) is 1. The third-order valence-electron chi connectivity index (χ3n) is 2.44. The van der Waals surface area contributed by atoms with Crippen molar-refractivity contribution in [1.82, 2.24) is 0 Å². The highest BCUT2D eigenvalue weighted by Gasteiger charge is 2.10. The van der Waals surface area contributed by atoms with E-state index in [0.717, 1.165) is 28.4 Å². The maximum Gasteiger partial charge on any atom is 0.123 e. The van der Waals surface area contributed by atoms with Crippen molar-refractivity contribution >= 4 is 15.9 Å². The summed E-state index contributed by atoms with van der Waals surface area (Å²) in [4.78, 5) is 0. The van der Waals surface area contributed by atoms with E-state index < -0.39 is 0 Å². The lowest BCUT2D eigenvalue weighted by atomic mass is 9.98. The van der Waals surface area contributed by atoms with Crippen molar-refractivity contribution in [3.8, 4) is 5.75 Å². The van der Waals surface area contributed by atoms with Crippen molar-refractivity contribution in [3.63, 3.8) is 0 Å². The number of hydrogen-bond donors (Lipinski definition) is 1. The molecule has 0 atom stereocenters. The minimum Gasteiger partial charge on any atom is -0.507 e. The molecule has 0 heterocycles. The summed E-state index contributed by atoms with van der Waals surface area (Å²) in [6.45, 7) is 6.14. The smallest absolute Gasteiger partial charge is 0.123 e. The molecule has 0 saturated carbocycles. The van der Waals surface area contributed by atoms with E-state index in [1.165, 1.54) is 5.56 Å².